The van der Waals surface area contributed by atoms with Gasteiger partial charge in [0.1, 0.15) is 0 Å². The van der Waals surface area contributed by atoms with E-state index in [0.29, 0.717) is 0 Å². The number of rotatable bonds is 12. The van der Waals surface area contributed by atoms with Crippen molar-refractivity contribution in [3.05, 3.63) is 251 Å². The molecule has 0 radical (unpaired) electrons. The van der Waals surface area contributed by atoms with Gasteiger partial charge < -0.3 is 18.9 Å². The molecule has 12 aromatic carbocycles. The average Bonchev–Trinajstić information content (AvgIpc) is 0.930. The molecule has 4 nitrogen and oxygen atoms in total. The number of para-hydroxylation sites is 2. The van der Waals surface area contributed by atoms with Gasteiger partial charge in [0.2, 0.25) is 0 Å². The maximum absolute atomic E-state index is 2.70. The summed E-state index contributed by atoms with van der Waals surface area (Å²) < 4.78 is 4.99. The van der Waals surface area contributed by atoms with E-state index in [1.54, 1.807) is 0 Å². The fraction of sp³-hybridized carbons (Fsp3) is 0.256. The molecule has 0 spiro atoms. The Kier molecular flexibility index (Phi) is 13.6. The van der Waals surface area contributed by atoms with Crippen LogP contribution in [0.1, 0.15) is 138 Å². The topological polar surface area (TPSA) is 16.3 Å². The van der Waals surface area contributed by atoms with E-state index in [1.165, 1.54) is 192 Å². The Morgan fingerprint density at radius 3 is 1.17 bits per heavy atom. The van der Waals surface area contributed by atoms with Crippen LogP contribution in [0.15, 0.2) is 206 Å². The van der Waals surface area contributed by atoms with Gasteiger partial charge in [0.25, 0.3) is 0 Å². The van der Waals surface area contributed by atoms with Crippen molar-refractivity contribution < 1.29 is 0 Å². The third-order valence-electron chi connectivity index (χ3n) is 20.5. The predicted octanol–water partition coefficient (Wildman–Crippen LogP) is 24.0. The second kappa shape index (κ2) is 21.8. The third kappa shape index (κ3) is 9.13. The Morgan fingerprint density at radius 1 is 0.333 bits per heavy atom. The lowest BCUT2D eigenvalue weighted by Crippen LogP contribution is -2.17. The molecule has 0 saturated heterocycles. The first-order valence-electron chi connectivity index (χ1n) is 33.7. The summed E-state index contributed by atoms with van der Waals surface area (Å²) in [6.07, 6.45) is 13.3. The second-order valence-electron chi connectivity index (χ2n) is 28.3. The van der Waals surface area contributed by atoms with E-state index in [1.807, 2.05) is 0 Å². The van der Waals surface area contributed by atoms with Crippen molar-refractivity contribution >= 4 is 110 Å². The van der Waals surface area contributed by atoms with Crippen molar-refractivity contribution in [1.82, 2.24) is 9.13 Å². The number of fused-ring (bicyclic) bond motifs is 8. The first-order valence-corrected chi connectivity index (χ1v) is 33.7. The van der Waals surface area contributed by atoms with E-state index in [-0.39, 0.29) is 10.8 Å². The number of benzene rings is 12. The van der Waals surface area contributed by atoms with E-state index in [4.69, 9.17) is 0 Å². The molecule has 0 aliphatic heterocycles. The molecule has 16 rings (SSSR count). The third-order valence-corrected chi connectivity index (χ3v) is 20.5. The van der Waals surface area contributed by atoms with E-state index >= 15 is 0 Å². The Morgan fingerprint density at radius 2 is 0.733 bits per heavy atom. The Balaban J connectivity index is 0.966. The molecule has 2 heterocycles. The minimum Gasteiger partial charge on any atom is -0.310 e. The SMILES string of the molecule is CCCc1cc(N(c2ccc3c(c2)c2ccccc2n3-c2cccc(C(C)(C)C)c2)c2cccc3c2CCCC3)c2ccc3c(CCC)cc(N(c4ccc5c(c4)c4ccccc4n5-c4cccc(C(C)(C)C)c4)c4cccc5c4CCCC5)c4ccc1c2c34. The van der Waals surface area contributed by atoms with Crippen LogP contribution in [0.3, 0.4) is 0 Å². The monoisotopic (exact) mass is 1170 g/mol. The first-order chi connectivity index (χ1) is 43.8. The number of anilines is 6. The molecule has 14 aromatic rings. The minimum atomic E-state index is 0.0211. The summed E-state index contributed by atoms with van der Waals surface area (Å²) in [6, 6.07) is 80.8. The fourth-order valence-corrected chi connectivity index (χ4v) is 16.2. The molecular weight excluding hydrogens is 1090 g/mol. The smallest absolute Gasteiger partial charge is 0.0543 e. The minimum absolute atomic E-state index is 0.0211. The van der Waals surface area contributed by atoms with E-state index < -0.39 is 0 Å². The highest BCUT2D eigenvalue weighted by atomic mass is 15.2. The molecule has 0 unspecified atom stereocenters. The molecule has 4 heteroatoms. The normalized spacial score (nSPS) is 13.8. The van der Waals surface area contributed by atoms with Gasteiger partial charge in [-0.3, -0.25) is 0 Å². The van der Waals surface area contributed by atoms with Gasteiger partial charge in [0, 0.05) is 66.4 Å². The summed E-state index contributed by atoms with van der Waals surface area (Å²) in [7, 11) is 0. The largest absolute Gasteiger partial charge is 0.310 e. The van der Waals surface area contributed by atoms with Crippen molar-refractivity contribution in [3.63, 3.8) is 0 Å². The van der Waals surface area contributed by atoms with Crippen LogP contribution in [0.4, 0.5) is 34.1 Å². The zero-order chi connectivity index (χ0) is 61.2. The summed E-state index contributed by atoms with van der Waals surface area (Å²) >= 11 is 0. The molecular formula is C86H82N4. The zero-order valence-electron chi connectivity index (χ0n) is 53.9. The van der Waals surface area contributed by atoms with Gasteiger partial charge in [-0.2, -0.15) is 0 Å². The zero-order valence-corrected chi connectivity index (χ0v) is 53.9. The van der Waals surface area contributed by atoms with Crippen LogP contribution in [0.25, 0.3) is 87.3 Å². The van der Waals surface area contributed by atoms with Gasteiger partial charge >= 0.3 is 0 Å². The molecule has 2 aliphatic rings. The highest BCUT2D eigenvalue weighted by molar-refractivity contribution is 6.30. The standard InChI is InChI=1S/C86H82N4/c1-9-23-57-49-81(89(75-39-19-27-55-25-11-13-33-65(55)75)63-41-47-79-73(53-63)69-35-15-17-37-77(69)87(79)61-31-21-29-59(51-61)85(3,4)5)71-46-44-68-58(24-10-2)50-82(72-45-43-67(57)83(71)84(68)72)90(76-40-20-28-56-26-12-14-34-66(56)76)64-42-48-80-74(54-64)70-36-16-18-38-78(70)88(80)62-32-22-30-60(52-62)86(6,7)8/h15-22,27-32,35-54H,9-14,23-26,33-34H2,1-8H3. The quantitative estimate of drug-likeness (QED) is 0.113. The van der Waals surface area contributed by atoms with Gasteiger partial charge in [-0.15, -0.1) is 0 Å². The van der Waals surface area contributed by atoms with Crippen molar-refractivity contribution in [2.75, 3.05) is 9.80 Å². The van der Waals surface area contributed by atoms with Gasteiger partial charge in [0.15, 0.2) is 0 Å². The number of aryl methyl sites for hydroxylation is 4. The summed E-state index contributed by atoms with van der Waals surface area (Å²) in [5.74, 6) is 0. The summed E-state index contributed by atoms with van der Waals surface area (Å²) in [4.78, 5) is 5.39. The number of nitrogens with zero attached hydrogens (tertiary/aromatic N) is 4. The van der Waals surface area contributed by atoms with E-state index in [9.17, 15) is 0 Å². The maximum Gasteiger partial charge on any atom is 0.0543 e. The molecule has 90 heavy (non-hydrogen) atoms. The van der Waals surface area contributed by atoms with Crippen LogP contribution in [0, 0.1) is 0 Å². The Hall–Kier alpha value is -9.12. The van der Waals surface area contributed by atoms with E-state index in [2.05, 4.69) is 281 Å². The van der Waals surface area contributed by atoms with Crippen LogP contribution in [0.5, 0.6) is 0 Å². The Labute approximate surface area is 531 Å². The number of hydrogen-bond donors (Lipinski definition) is 0. The first kappa shape index (κ1) is 56.1. The summed E-state index contributed by atoms with van der Waals surface area (Å²) in [6.45, 7) is 18.6. The maximum atomic E-state index is 2.70. The summed E-state index contributed by atoms with van der Waals surface area (Å²) in [5.41, 5.74) is 26.3. The van der Waals surface area contributed by atoms with Crippen molar-refractivity contribution in [2.45, 2.75) is 143 Å². The number of hydrogen-bond acceptors (Lipinski definition) is 2. The average molecular weight is 1170 g/mol. The highest BCUT2D eigenvalue weighted by Gasteiger charge is 2.30. The van der Waals surface area contributed by atoms with Crippen molar-refractivity contribution in [2.24, 2.45) is 0 Å². The van der Waals surface area contributed by atoms with Crippen molar-refractivity contribution in [3.8, 4) is 11.4 Å². The van der Waals surface area contributed by atoms with E-state index in [0.717, 1.165) is 51.4 Å². The lowest BCUT2D eigenvalue weighted by molar-refractivity contribution is 0.589. The van der Waals surface area contributed by atoms with Gasteiger partial charge in [-0.1, -0.05) is 177 Å². The predicted molar refractivity (Wildman–Crippen MR) is 387 cm³/mol. The molecule has 0 atom stereocenters. The molecule has 2 aromatic heterocycles. The second-order valence-corrected chi connectivity index (χ2v) is 28.3. The summed E-state index contributed by atoms with van der Waals surface area (Å²) in [5, 5.41) is 13.1. The Bertz CT molecular complexity index is 4820. The molecule has 0 fully saturated rings. The van der Waals surface area contributed by atoms with Crippen LogP contribution >= 0.6 is 0 Å². The molecule has 2 aliphatic carbocycles. The van der Waals surface area contributed by atoms with Crippen LogP contribution in [-0.4, -0.2) is 9.13 Å². The van der Waals surface area contributed by atoms with Crippen LogP contribution in [0.2, 0.25) is 0 Å². The molecule has 0 amide bonds. The van der Waals surface area contributed by atoms with Crippen molar-refractivity contribution in [1.29, 1.82) is 0 Å². The molecule has 0 N–H and O–H groups in total. The van der Waals surface area contributed by atoms with Gasteiger partial charge in [0.05, 0.1) is 33.4 Å². The van der Waals surface area contributed by atoms with Gasteiger partial charge in [-0.25, -0.2) is 0 Å². The highest BCUT2D eigenvalue weighted by Crippen LogP contribution is 2.53. The fourth-order valence-electron chi connectivity index (χ4n) is 16.2. The molecule has 0 bridgehead atoms. The van der Waals surface area contributed by atoms with Crippen LogP contribution < -0.4 is 9.80 Å². The lowest BCUT2D eigenvalue weighted by Gasteiger charge is -2.33. The van der Waals surface area contributed by atoms with Crippen LogP contribution in [-0.2, 0) is 49.4 Å². The molecule has 0 saturated carbocycles. The lowest BCUT2D eigenvalue weighted by atomic mass is 9.85. The van der Waals surface area contributed by atoms with Gasteiger partial charge in [-0.05, 0) is 238 Å². The molecule has 446 valence electrons. The number of aromatic nitrogens is 2.